The van der Waals surface area contributed by atoms with Gasteiger partial charge in [-0.2, -0.15) is 11.8 Å². The molecule has 0 atom stereocenters. The largest absolute Gasteiger partial charge is 0.497 e. The Labute approximate surface area is 200 Å². The van der Waals surface area contributed by atoms with E-state index in [1.165, 1.54) is 0 Å². The SMILES string of the molecule is COc1ccc(NS(=O)(=O)c2ccc(N3CCCC3)c(NC(=S)NCCCSC)c2)cc1. The fraction of sp³-hybridized carbons (Fsp3) is 0.409. The summed E-state index contributed by atoms with van der Waals surface area (Å²) in [5.41, 5.74) is 2.11. The van der Waals surface area contributed by atoms with Gasteiger partial charge < -0.3 is 20.3 Å². The molecule has 0 bridgehead atoms. The molecular weight excluding hydrogens is 464 g/mol. The first kappa shape index (κ1) is 24.5. The molecular formula is C22H30N4O3S3. The van der Waals surface area contributed by atoms with Crippen molar-refractivity contribution in [3.05, 3.63) is 42.5 Å². The minimum atomic E-state index is -3.77. The molecule has 0 aliphatic carbocycles. The standard InChI is InChI=1S/C22H30N4O3S3/c1-29-18-8-6-17(7-9-18)25-32(27,28)19-10-11-21(26-13-3-4-14-26)20(16-19)24-22(30)23-12-5-15-31-2/h6-11,16,25H,3-5,12-15H2,1-2H3,(H2,23,24,30). The number of thioether (sulfide) groups is 1. The molecule has 7 nitrogen and oxygen atoms in total. The van der Waals surface area contributed by atoms with Gasteiger partial charge in [0.2, 0.25) is 0 Å². The molecule has 3 N–H and O–H groups in total. The zero-order valence-corrected chi connectivity index (χ0v) is 20.8. The van der Waals surface area contributed by atoms with Crippen LogP contribution in [0.15, 0.2) is 47.4 Å². The maximum atomic E-state index is 13.0. The molecule has 1 heterocycles. The van der Waals surface area contributed by atoms with Crippen LogP contribution in [0, 0.1) is 0 Å². The molecule has 2 aromatic carbocycles. The van der Waals surface area contributed by atoms with Crippen molar-refractivity contribution in [3.8, 4) is 5.75 Å². The number of methoxy groups -OCH3 is 1. The highest BCUT2D eigenvalue weighted by molar-refractivity contribution is 7.98. The van der Waals surface area contributed by atoms with Gasteiger partial charge >= 0.3 is 0 Å². The molecule has 1 fully saturated rings. The Morgan fingerprint density at radius 2 is 1.88 bits per heavy atom. The van der Waals surface area contributed by atoms with Gasteiger partial charge in [-0.1, -0.05) is 0 Å². The number of rotatable bonds is 10. The molecule has 3 rings (SSSR count). The van der Waals surface area contributed by atoms with E-state index in [9.17, 15) is 8.42 Å². The Kier molecular flexibility index (Phi) is 8.89. The van der Waals surface area contributed by atoms with E-state index in [1.807, 2.05) is 6.07 Å². The third kappa shape index (κ3) is 6.66. The highest BCUT2D eigenvalue weighted by Gasteiger charge is 2.21. The number of nitrogens with one attached hydrogen (secondary N) is 3. The highest BCUT2D eigenvalue weighted by atomic mass is 32.2. The maximum Gasteiger partial charge on any atom is 0.261 e. The molecule has 1 saturated heterocycles. The van der Waals surface area contributed by atoms with Crippen LogP contribution in [0.5, 0.6) is 5.75 Å². The van der Waals surface area contributed by atoms with Gasteiger partial charge in [0, 0.05) is 25.3 Å². The first-order valence-corrected chi connectivity index (χ1v) is 13.8. The normalized spacial score (nSPS) is 13.6. The second-order valence-corrected chi connectivity index (χ2v) is 10.5. The summed E-state index contributed by atoms with van der Waals surface area (Å²) >= 11 is 7.25. The van der Waals surface area contributed by atoms with E-state index >= 15 is 0 Å². The lowest BCUT2D eigenvalue weighted by atomic mass is 10.2. The Morgan fingerprint density at radius 1 is 1.16 bits per heavy atom. The van der Waals surface area contributed by atoms with Crippen molar-refractivity contribution < 1.29 is 13.2 Å². The summed E-state index contributed by atoms with van der Waals surface area (Å²) in [4.78, 5) is 2.43. The number of anilines is 3. The highest BCUT2D eigenvalue weighted by Crippen LogP contribution is 2.32. The summed E-state index contributed by atoms with van der Waals surface area (Å²) in [7, 11) is -2.20. The van der Waals surface area contributed by atoms with Crippen molar-refractivity contribution in [1.29, 1.82) is 0 Å². The molecule has 0 amide bonds. The first-order chi connectivity index (χ1) is 15.4. The predicted octanol–water partition coefficient (Wildman–Crippen LogP) is 4.14. The van der Waals surface area contributed by atoms with Crippen molar-refractivity contribution in [2.45, 2.75) is 24.2 Å². The monoisotopic (exact) mass is 494 g/mol. The lowest BCUT2D eigenvalue weighted by Crippen LogP contribution is -2.30. The van der Waals surface area contributed by atoms with Crippen LogP contribution in [0.3, 0.4) is 0 Å². The van der Waals surface area contributed by atoms with Gasteiger partial charge in [0.1, 0.15) is 5.75 Å². The van der Waals surface area contributed by atoms with E-state index in [0.717, 1.165) is 50.3 Å². The number of hydrogen-bond donors (Lipinski definition) is 3. The topological polar surface area (TPSA) is 82.7 Å². The Morgan fingerprint density at radius 3 is 2.53 bits per heavy atom. The van der Waals surface area contributed by atoms with Crippen LogP contribution in [0.25, 0.3) is 0 Å². The van der Waals surface area contributed by atoms with Gasteiger partial charge in [-0.15, -0.1) is 0 Å². The van der Waals surface area contributed by atoms with Crippen molar-refractivity contribution in [1.82, 2.24) is 5.32 Å². The quantitative estimate of drug-likeness (QED) is 0.336. The van der Waals surface area contributed by atoms with Crippen LogP contribution in [0.4, 0.5) is 17.1 Å². The summed E-state index contributed by atoms with van der Waals surface area (Å²) in [6.45, 7) is 2.65. The van der Waals surface area contributed by atoms with Gasteiger partial charge in [-0.3, -0.25) is 4.72 Å². The van der Waals surface area contributed by atoms with Crippen LogP contribution in [0.1, 0.15) is 19.3 Å². The minimum Gasteiger partial charge on any atom is -0.497 e. The molecule has 1 aliphatic rings. The number of benzene rings is 2. The Balaban J connectivity index is 1.81. The number of hydrogen-bond acceptors (Lipinski definition) is 6. The predicted molar refractivity (Wildman–Crippen MR) is 139 cm³/mol. The minimum absolute atomic E-state index is 0.170. The average Bonchev–Trinajstić information content (AvgIpc) is 3.32. The molecule has 0 saturated carbocycles. The van der Waals surface area contributed by atoms with E-state index in [0.29, 0.717) is 22.2 Å². The van der Waals surface area contributed by atoms with Crippen molar-refractivity contribution in [2.75, 3.05) is 53.7 Å². The fourth-order valence-electron chi connectivity index (χ4n) is 3.47. The third-order valence-electron chi connectivity index (χ3n) is 5.13. The zero-order valence-electron chi connectivity index (χ0n) is 18.4. The van der Waals surface area contributed by atoms with Crippen molar-refractivity contribution >= 4 is 56.2 Å². The molecule has 0 spiro atoms. The number of ether oxygens (including phenoxy) is 1. The Bertz CT molecular complexity index is 1010. The smallest absolute Gasteiger partial charge is 0.261 e. The number of nitrogens with zero attached hydrogens (tertiary/aromatic N) is 1. The number of sulfonamides is 1. The van der Waals surface area contributed by atoms with E-state index in [-0.39, 0.29) is 4.90 Å². The van der Waals surface area contributed by atoms with E-state index in [2.05, 4.69) is 26.5 Å². The van der Waals surface area contributed by atoms with E-state index in [1.54, 1.807) is 55.3 Å². The summed E-state index contributed by atoms with van der Waals surface area (Å²) in [5, 5.41) is 6.91. The maximum absolute atomic E-state index is 13.0. The second kappa shape index (κ2) is 11.6. The van der Waals surface area contributed by atoms with Crippen LogP contribution in [-0.4, -0.2) is 52.3 Å². The molecule has 0 aromatic heterocycles. The van der Waals surface area contributed by atoms with E-state index in [4.69, 9.17) is 17.0 Å². The lowest BCUT2D eigenvalue weighted by molar-refractivity contribution is 0.415. The van der Waals surface area contributed by atoms with Gasteiger partial charge in [0.25, 0.3) is 10.0 Å². The van der Waals surface area contributed by atoms with Crippen LogP contribution in [-0.2, 0) is 10.0 Å². The molecule has 2 aromatic rings. The second-order valence-electron chi connectivity index (χ2n) is 7.43. The summed E-state index contributed by atoms with van der Waals surface area (Å²) in [6.07, 6.45) is 5.32. The van der Waals surface area contributed by atoms with Crippen LogP contribution >= 0.6 is 24.0 Å². The molecule has 0 radical (unpaired) electrons. The molecule has 32 heavy (non-hydrogen) atoms. The van der Waals surface area contributed by atoms with Gasteiger partial charge in [-0.05, 0) is 86.0 Å². The summed E-state index contributed by atoms with van der Waals surface area (Å²) < 4.78 is 33.8. The van der Waals surface area contributed by atoms with Crippen LogP contribution in [0.2, 0.25) is 0 Å². The van der Waals surface area contributed by atoms with Crippen molar-refractivity contribution in [3.63, 3.8) is 0 Å². The zero-order chi connectivity index (χ0) is 23.0. The first-order valence-electron chi connectivity index (χ1n) is 10.5. The lowest BCUT2D eigenvalue weighted by Gasteiger charge is -2.23. The number of thiocarbonyl (C=S) groups is 1. The van der Waals surface area contributed by atoms with Crippen LogP contribution < -0.4 is 25.0 Å². The molecule has 10 heteroatoms. The molecule has 0 unspecified atom stereocenters. The van der Waals surface area contributed by atoms with Gasteiger partial charge in [-0.25, -0.2) is 8.42 Å². The fourth-order valence-corrected chi connectivity index (χ4v) is 5.20. The summed E-state index contributed by atoms with van der Waals surface area (Å²) in [5.74, 6) is 1.72. The Hall–Kier alpha value is -2.17. The van der Waals surface area contributed by atoms with Gasteiger partial charge in [0.15, 0.2) is 5.11 Å². The average molecular weight is 495 g/mol. The molecule has 1 aliphatic heterocycles. The van der Waals surface area contributed by atoms with E-state index < -0.39 is 10.0 Å². The summed E-state index contributed by atoms with van der Waals surface area (Å²) in [6, 6.07) is 11.9. The molecule has 174 valence electrons. The third-order valence-corrected chi connectivity index (χ3v) is 7.45. The van der Waals surface area contributed by atoms with Gasteiger partial charge in [0.05, 0.1) is 23.4 Å². The van der Waals surface area contributed by atoms with Crippen molar-refractivity contribution in [2.24, 2.45) is 0 Å².